The summed E-state index contributed by atoms with van der Waals surface area (Å²) in [5.74, 6) is 5.88. The van der Waals surface area contributed by atoms with Gasteiger partial charge in [-0.25, -0.2) is 0 Å². The third kappa shape index (κ3) is 3.57. The Balaban J connectivity index is 2.07. The van der Waals surface area contributed by atoms with Crippen LogP contribution < -0.4 is 10.1 Å². The maximum absolute atomic E-state index is 5.51. The fraction of sp³-hybridized carbons (Fsp3) is 0.111. The minimum absolute atomic E-state index is 0.267. The van der Waals surface area contributed by atoms with Crippen LogP contribution in [0.4, 0.5) is 5.69 Å². The minimum Gasteiger partial charge on any atom is -0.481 e. The molecule has 0 bridgehead atoms. The third-order valence-corrected chi connectivity index (χ3v) is 2.80. The molecule has 0 unspecified atom stereocenters. The Hall–Kier alpha value is -2.84. The molecule has 98 valence electrons. The number of hydrogen-bond acceptors (Lipinski definition) is 2. The smallest absolute Gasteiger partial charge is 0.148 e. The normalized spacial score (nSPS) is 9.30. The molecule has 0 amide bonds. The van der Waals surface area contributed by atoms with Gasteiger partial charge in [0.15, 0.2) is 0 Å². The number of nitrogens with one attached hydrogen (secondary N) is 1. The molecule has 2 aromatic carbocycles. The fourth-order valence-electron chi connectivity index (χ4n) is 1.83. The molecule has 2 aromatic rings. The number of rotatable bonds is 5. The highest BCUT2D eigenvalue weighted by Gasteiger charge is 2.02. The topological polar surface area (TPSA) is 21.3 Å². The molecule has 2 heteroatoms. The Bertz CT molecular complexity index is 662. The van der Waals surface area contributed by atoms with Gasteiger partial charge in [-0.3, -0.25) is 0 Å². The Kier molecular flexibility index (Phi) is 4.70. The quantitative estimate of drug-likeness (QED) is 0.834. The van der Waals surface area contributed by atoms with Gasteiger partial charge in [0, 0.05) is 23.4 Å². The first-order valence-corrected chi connectivity index (χ1v) is 6.28. The summed E-state index contributed by atoms with van der Waals surface area (Å²) < 4.78 is 5.51. The van der Waals surface area contributed by atoms with Gasteiger partial charge in [-0.2, -0.15) is 0 Å². The van der Waals surface area contributed by atoms with E-state index in [0.717, 1.165) is 22.6 Å². The second-order valence-electron chi connectivity index (χ2n) is 4.18. The molecule has 0 spiro atoms. The van der Waals surface area contributed by atoms with Gasteiger partial charge in [-0.15, -0.1) is 12.8 Å². The lowest BCUT2D eigenvalue weighted by atomic mass is 10.1. The van der Waals surface area contributed by atoms with E-state index < -0.39 is 0 Å². The average molecular weight is 261 g/mol. The maximum Gasteiger partial charge on any atom is 0.148 e. The molecule has 0 aromatic heterocycles. The fourth-order valence-corrected chi connectivity index (χ4v) is 1.83. The SMILES string of the molecule is C#CCOc1ccccc1CNc1cccc(C#C)c1. The van der Waals surface area contributed by atoms with Crippen LogP contribution in [0.25, 0.3) is 0 Å². The van der Waals surface area contributed by atoms with Crippen LogP contribution in [0.3, 0.4) is 0 Å². The van der Waals surface area contributed by atoms with E-state index in [1.54, 1.807) is 0 Å². The third-order valence-electron chi connectivity index (χ3n) is 2.80. The van der Waals surface area contributed by atoms with E-state index in [9.17, 15) is 0 Å². The monoisotopic (exact) mass is 261 g/mol. The summed E-state index contributed by atoms with van der Waals surface area (Å²) in [6.45, 7) is 0.915. The Labute approximate surface area is 119 Å². The van der Waals surface area contributed by atoms with Crippen LogP contribution in [0.2, 0.25) is 0 Å². The van der Waals surface area contributed by atoms with Crippen molar-refractivity contribution in [3.8, 4) is 30.4 Å². The van der Waals surface area contributed by atoms with Gasteiger partial charge < -0.3 is 10.1 Å². The van der Waals surface area contributed by atoms with Crippen LogP contribution >= 0.6 is 0 Å². The lowest BCUT2D eigenvalue weighted by molar-refractivity contribution is 0.366. The van der Waals surface area contributed by atoms with Crippen molar-refractivity contribution < 1.29 is 4.74 Å². The van der Waals surface area contributed by atoms with Crippen LogP contribution in [-0.2, 0) is 6.54 Å². The highest BCUT2D eigenvalue weighted by atomic mass is 16.5. The van der Waals surface area contributed by atoms with Crippen molar-refractivity contribution in [3.05, 3.63) is 59.7 Å². The van der Waals surface area contributed by atoms with Crippen LogP contribution in [-0.4, -0.2) is 6.61 Å². The van der Waals surface area contributed by atoms with Gasteiger partial charge >= 0.3 is 0 Å². The van der Waals surface area contributed by atoms with Crippen LogP contribution in [0.15, 0.2) is 48.5 Å². The molecule has 1 N–H and O–H groups in total. The second-order valence-corrected chi connectivity index (χ2v) is 4.18. The van der Waals surface area contributed by atoms with Gasteiger partial charge in [0.25, 0.3) is 0 Å². The van der Waals surface area contributed by atoms with E-state index in [4.69, 9.17) is 17.6 Å². The van der Waals surface area contributed by atoms with E-state index in [1.807, 2.05) is 48.5 Å². The van der Waals surface area contributed by atoms with E-state index in [-0.39, 0.29) is 6.61 Å². The zero-order chi connectivity index (χ0) is 14.2. The molecule has 0 aliphatic heterocycles. The second kappa shape index (κ2) is 6.92. The Morgan fingerprint density at radius 1 is 1.05 bits per heavy atom. The average Bonchev–Trinajstić information content (AvgIpc) is 2.52. The summed E-state index contributed by atoms with van der Waals surface area (Å²) in [7, 11) is 0. The van der Waals surface area contributed by atoms with Crippen molar-refractivity contribution in [1.82, 2.24) is 0 Å². The molecule has 0 heterocycles. The van der Waals surface area contributed by atoms with E-state index in [1.165, 1.54) is 0 Å². The molecule has 0 atom stereocenters. The largest absolute Gasteiger partial charge is 0.481 e. The molecular formula is C18H15NO. The van der Waals surface area contributed by atoms with E-state index >= 15 is 0 Å². The van der Waals surface area contributed by atoms with Crippen molar-refractivity contribution in [1.29, 1.82) is 0 Å². The molecule has 20 heavy (non-hydrogen) atoms. The van der Waals surface area contributed by atoms with Crippen molar-refractivity contribution in [2.75, 3.05) is 11.9 Å². The van der Waals surface area contributed by atoms with Crippen molar-refractivity contribution in [2.24, 2.45) is 0 Å². The van der Waals surface area contributed by atoms with E-state index in [0.29, 0.717) is 6.54 Å². The molecule has 0 aliphatic rings. The lowest BCUT2D eigenvalue weighted by Gasteiger charge is -2.11. The van der Waals surface area contributed by atoms with Gasteiger partial charge in [0.2, 0.25) is 0 Å². The first kappa shape index (κ1) is 13.6. The molecule has 0 fully saturated rings. The van der Waals surface area contributed by atoms with Gasteiger partial charge in [0.1, 0.15) is 12.4 Å². The summed E-state index contributed by atoms with van der Waals surface area (Å²) in [4.78, 5) is 0. The molecule has 0 radical (unpaired) electrons. The van der Waals surface area contributed by atoms with Gasteiger partial charge in [0.05, 0.1) is 0 Å². The first-order valence-electron chi connectivity index (χ1n) is 6.28. The highest BCUT2D eigenvalue weighted by Crippen LogP contribution is 2.19. The Morgan fingerprint density at radius 3 is 2.70 bits per heavy atom. The summed E-state index contributed by atoms with van der Waals surface area (Å²) in [6, 6.07) is 15.5. The number of anilines is 1. The zero-order valence-corrected chi connectivity index (χ0v) is 11.1. The van der Waals surface area contributed by atoms with Crippen molar-refractivity contribution in [2.45, 2.75) is 6.54 Å². The van der Waals surface area contributed by atoms with Crippen LogP contribution in [0.1, 0.15) is 11.1 Å². The zero-order valence-electron chi connectivity index (χ0n) is 11.1. The van der Waals surface area contributed by atoms with Crippen LogP contribution in [0, 0.1) is 24.7 Å². The summed E-state index contributed by atoms with van der Waals surface area (Å²) in [6.07, 6.45) is 10.6. The minimum atomic E-state index is 0.267. The first-order chi connectivity index (χ1) is 9.83. The molecule has 0 saturated carbocycles. The summed E-state index contributed by atoms with van der Waals surface area (Å²) in [5, 5.41) is 3.33. The van der Waals surface area contributed by atoms with Crippen molar-refractivity contribution >= 4 is 5.69 Å². The Morgan fingerprint density at radius 2 is 1.90 bits per heavy atom. The number of para-hydroxylation sites is 1. The van der Waals surface area contributed by atoms with Gasteiger partial charge in [-0.05, 0) is 24.3 Å². The summed E-state index contributed by atoms with van der Waals surface area (Å²) >= 11 is 0. The number of terminal acetylenes is 2. The predicted molar refractivity (Wildman–Crippen MR) is 82.5 cm³/mol. The molecule has 0 aliphatic carbocycles. The number of ether oxygens (including phenoxy) is 1. The molecule has 0 saturated heterocycles. The van der Waals surface area contributed by atoms with E-state index in [2.05, 4.69) is 17.2 Å². The highest BCUT2D eigenvalue weighted by molar-refractivity contribution is 5.51. The van der Waals surface area contributed by atoms with Crippen molar-refractivity contribution in [3.63, 3.8) is 0 Å². The molecule has 2 rings (SSSR count). The molecule has 2 nitrogen and oxygen atoms in total. The standard InChI is InChI=1S/C18H15NO/c1-3-12-20-18-11-6-5-9-16(18)14-19-17-10-7-8-15(4-2)13-17/h1-2,5-11,13,19H,12,14H2. The maximum atomic E-state index is 5.51. The summed E-state index contributed by atoms with van der Waals surface area (Å²) in [5.41, 5.74) is 2.88. The van der Waals surface area contributed by atoms with Crippen LogP contribution in [0.5, 0.6) is 5.75 Å². The number of hydrogen-bond donors (Lipinski definition) is 1. The predicted octanol–water partition coefficient (Wildman–Crippen LogP) is 3.29. The van der Waals surface area contributed by atoms with Gasteiger partial charge in [-0.1, -0.05) is 36.1 Å². The molecular weight excluding hydrogens is 246 g/mol. The lowest BCUT2D eigenvalue weighted by Crippen LogP contribution is -2.03. The number of benzene rings is 2.